The monoisotopic (exact) mass is 401 g/mol. The first-order chi connectivity index (χ1) is 13.7. The quantitative estimate of drug-likeness (QED) is 0.668. The van der Waals surface area contributed by atoms with Crippen molar-refractivity contribution in [1.29, 1.82) is 0 Å². The fourth-order valence-corrected chi connectivity index (χ4v) is 4.08. The second kappa shape index (κ2) is 8.51. The minimum atomic E-state index is -0.716. The average Bonchev–Trinajstić information content (AvgIpc) is 3.38. The topological polar surface area (TPSA) is 107 Å². The molecule has 146 valence electrons. The van der Waals surface area contributed by atoms with E-state index in [4.69, 9.17) is 13.9 Å². The molecule has 3 aromatic rings. The van der Waals surface area contributed by atoms with Crippen molar-refractivity contribution in [3.63, 3.8) is 0 Å². The molecule has 4 rings (SSSR count). The summed E-state index contributed by atoms with van der Waals surface area (Å²) in [6.45, 7) is 1.25. The van der Waals surface area contributed by atoms with Crippen LogP contribution in [0.1, 0.15) is 23.8 Å². The maximum Gasteiger partial charge on any atom is 0.418 e. The van der Waals surface area contributed by atoms with Crippen LogP contribution in [-0.4, -0.2) is 34.4 Å². The summed E-state index contributed by atoms with van der Waals surface area (Å²) in [6.07, 6.45) is 4.71. The van der Waals surface area contributed by atoms with Crippen molar-refractivity contribution in [2.75, 3.05) is 18.5 Å². The molecule has 3 aromatic heterocycles. The van der Waals surface area contributed by atoms with Gasteiger partial charge < -0.3 is 19.0 Å². The first-order valence-corrected chi connectivity index (χ1v) is 9.71. The summed E-state index contributed by atoms with van der Waals surface area (Å²) >= 11 is 1.21. The summed E-state index contributed by atoms with van der Waals surface area (Å²) in [6, 6.07) is 6.82. The maximum atomic E-state index is 12.2. The Morgan fingerprint density at radius 3 is 2.89 bits per heavy atom. The van der Waals surface area contributed by atoms with E-state index in [1.54, 1.807) is 36.7 Å². The van der Waals surface area contributed by atoms with Gasteiger partial charge in [0.1, 0.15) is 5.69 Å². The van der Waals surface area contributed by atoms with Gasteiger partial charge in [-0.2, -0.15) is 0 Å². The van der Waals surface area contributed by atoms with Crippen LogP contribution in [0.2, 0.25) is 0 Å². The predicted octanol–water partition coefficient (Wildman–Crippen LogP) is 3.87. The molecule has 0 aromatic carbocycles. The van der Waals surface area contributed by atoms with E-state index in [9.17, 15) is 9.90 Å². The molecule has 1 amide bonds. The number of nitrogens with zero attached hydrogens (tertiary/aromatic N) is 2. The molecular formula is C19H19N3O5S. The Labute approximate surface area is 165 Å². The lowest BCUT2D eigenvalue weighted by Crippen LogP contribution is -2.21. The Bertz CT molecular complexity index is 907. The van der Waals surface area contributed by atoms with E-state index < -0.39 is 12.2 Å². The molecule has 1 atom stereocenters. The van der Waals surface area contributed by atoms with Crippen molar-refractivity contribution in [2.45, 2.75) is 18.9 Å². The maximum absolute atomic E-state index is 12.2. The highest BCUT2D eigenvalue weighted by molar-refractivity contribution is 7.16. The number of aliphatic hydroxyl groups excluding tert-OH is 1. The number of hydrogen-bond donors (Lipinski definition) is 2. The Balaban J connectivity index is 1.55. The minimum Gasteiger partial charge on any atom is -0.463 e. The van der Waals surface area contributed by atoms with Crippen molar-refractivity contribution in [2.24, 2.45) is 5.92 Å². The molecule has 0 saturated carbocycles. The number of furan rings is 1. The summed E-state index contributed by atoms with van der Waals surface area (Å²) in [5, 5.41) is 13.9. The third-order valence-corrected chi connectivity index (χ3v) is 5.48. The lowest BCUT2D eigenvalue weighted by molar-refractivity contribution is 0.00862. The number of hydrogen-bond acceptors (Lipinski definition) is 8. The summed E-state index contributed by atoms with van der Waals surface area (Å²) in [4.78, 5) is 21.2. The average molecular weight is 401 g/mol. The molecule has 1 aliphatic rings. The number of ether oxygens (including phenoxy) is 2. The molecule has 28 heavy (non-hydrogen) atoms. The highest BCUT2D eigenvalue weighted by Crippen LogP contribution is 2.41. The van der Waals surface area contributed by atoms with Crippen molar-refractivity contribution >= 4 is 22.6 Å². The Morgan fingerprint density at radius 2 is 2.18 bits per heavy atom. The molecule has 0 bridgehead atoms. The first kappa shape index (κ1) is 18.6. The SMILES string of the molecule is O=C(Nc1nc(-c2ccco2)c(C(O)C2CCOCC2)s1)Oc1cccnc1. The Hall–Kier alpha value is -2.75. The number of carbonyl (C=O) groups excluding carboxylic acids is 1. The minimum absolute atomic E-state index is 0.0677. The number of pyridine rings is 1. The number of aliphatic hydroxyl groups is 1. The van der Waals surface area contributed by atoms with Crippen molar-refractivity contribution in [1.82, 2.24) is 9.97 Å². The second-order valence-electron chi connectivity index (χ2n) is 6.31. The molecule has 8 nitrogen and oxygen atoms in total. The number of carbonyl (C=O) groups is 1. The molecule has 1 fully saturated rings. The zero-order chi connectivity index (χ0) is 19.3. The van der Waals surface area contributed by atoms with Crippen molar-refractivity contribution in [3.05, 3.63) is 47.8 Å². The number of anilines is 1. The van der Waals surface area contributed by atoms with Gasteiger partial charge in [-0.15, -0.1) is 0 Å². The highest BCUT2D eigenvalue weighted by atomic mass is 32.1. The van der Waals surface area contributed by atoms with Crippen LogP contribution in [0.15, 0.2) is 47.3 Å². The molecule has 4 heterocycles. The van der Waals surface area contributed by atoms with Gasteiger partial charge in [-0.05, 0) is 43.0 Å². The summed E-state index contributed by atoms with van der Waals surface area (Å²) in [5.41, 5.74) is 0.519. The molecule has 9 heteroatoms. The van der Waals surface area contributed by atoms with Gasteiger partial charge in [0.15, 0.2) is 16.6 Å². The van der Waals surface area contributed by atoms with Crippen LogP contribution in [0, 0.1) is 5.92 Å². The van der Waals surface area contributed by atoms with Gasteiger partial charge in [-0.25, -0.2) is 9.78 Å². The summed E-state index contributed by atoms with van der Waals surface area (Å²) in [7, 11) is 0. The lowest BCUT2D eigenvalue weighted by Gasteiger charge is -2.26. The molecular weight excluding hydrogens is 382 g/mol. The van der Waals surface area contributed by atoms with E-state index in [2.05, 4.69) is 15.3 Å². The molecule has 0 spiro atoms. The largest absolute Gasteiger partial charge is 0.463 e. The van der Waals surface area contributed by atoms with Crippen LogP contribution in [-0.2, 0) is 4.74 Å². The van der Waals surface area contributed by atoms with Crippen LogP contribution in [0.5, 0.6) is 5.75 Å². The summed E-state index contributed by atoms with van der Waals surface area (Å²) < 4.78 is 16.0. The number of aromatic nitrogens is 2. The van der Waals surface area contributed by atoms with Crippen molar-refractivity contribution in [3.8, 4) is 17.2 Å². The standard InChI is InChI=1S/C19H19N3O5S/c23-16(12-5-9-25-10-6-12)17-15(14-4-2-8-26-14)21-18(28-17)22-19(24)27-13-3-1-7-20-11-13/h1-4,7-8,11-12,16,23H,5-6,9-10H2,(H,21,22,24). The van der Waals surface area contributed by atoms with Gasteiger partial charge >= 0.3 is 6.09 Å². The van der Waals surface area contributed by atoms with Crippen LogP contribution < -0.4 is 10.1 Å². The fourth-order valence-electron chi connectivity index (χ4n) is 3.05. The van der Waals surface area contributed by atoms with Gasteiger partial charge in [0, 0.05) is 19.4 Å². The van der Waals surface area contributed by atoms with E-state index in [-0.39, 0.29) is 5.92 Å². The molecule has 0 radical (unpaired) electrons. The van der Waals surface area contributed by atoms with Crippen LogP contribution in [0.3, 0.4) is 0 Å². The zero-order valence-electron chi connectivity index (χ0n) is 14.9. The second-order valence-corrected chi connectivity index (χ2v) is 7.34. The fraction of sp³-hybridized carbons (Fsp3) is 0.316. The van der Waals surface area contributed by atoms with Crippen LogP contribution in [0.25, 0.3) is 11.5 Å². The van der Waals surface area contributed by atoms with Gasteiger partial charge in [0.2, 0.25) is 0 Å². The summed E-state index contributed by atoms with van der Waals surface area (Å²) in [5.74, 6) is 0.925. The molecule has 2 N–H and O–H groups in total. The number of thiazole rings is 1. The van der Waals surface area contributed by atoms with Crippen LogP contribution >= 0.6 is 11.3 Å². The lowest BCUT2D eigenvalue weighted by atomic mass is 9.92. The predicted molar refractivity (Wildman–Crippen MR) is 102 cm³/mol. The molecule has 0 aliphatic carbocycles. The number of nitrogens with one attached hydrogen (secondary N) is 1. The van der Waals surface area contributed by atoms with Gasteiger partial charge in [-0.1, -0.05) is 11.3 Å². The van der Waals surface area contributed by atoms with E-state index in [1.807, 2.05) is 0 Å². The Morgan fingerprint density at radius 1 is 1.32 bits per heavy atom. The third-order valence-electron chi connectivity index (χ3n) is 4.44. The number of rotatable bonds is 5. The molecule has 1 saturated heterocycles. The van der Waals surface area contributed by atoms with Crippen molar-refractivity contribution < 1.29 is 23.8 Å². The van der Waals surface area contributed by atoms with E-state index in [0.717, 1.165) is 12.8 Å². The van der Waals surface area contributed by atoms with E-state index in [0.29, 0.717) is 40.4 Å². The molecule has 1 aliphatic heterocycles. The third kappa shape index (κ3) is 4.22. The smallest absolute Gasteiger partial charge is 0.418 e. The first-order valence-electron chi connectivity index (χ1n) is 8.90. The molecule has 1 unspecified atom stereocenters. The highest BCUT2D eigenvalue weighted by Gasteiger charge is 2.30. The normalized spacial score (nSPS) is 15.9. The van der Waals surface area contributed by atoms with Crippen LogP contribution in [0.4, 0.5) is 9.93 Å². The van der Waals surface area contributed by atoms with E-state index >= 15 is 0 Å². The van der Waals surface area contributed by atoms with Gasteiger partial charge in [0.25, 0.3) is 0 Å². The van der Waals surface area contributed by atoms with Gasteiger partial charge in [0.05, 0.1) is 23.4 Å². The van der Waals surface area contributed by atoms with Gasteiger partial charge in [-0.3, -0.25) is 10.3 Å². The zero-order valence-corrected chi connectivity index (χ0v) is 15.7. The Kier molecular flexibility index (Phi) is 5.65. The van der Waals surface area contributed by atoms with E-state index in [1.165, 1.54) is 17.5 Å². The number of amides is 1.